The normalized spacial score (nSPS) is 10.7. The summed E-state index contributed by atoms with van der Waals surface area (Å²) in [5, 5.41) is 4.49. The lowest BCUT2D eigenvalue weighted by Crippen LogP contribution is -2.24. The lowest BCUT2D eigenvalue weighted by Gasteiger charge is -2.08. The van der Waals surface area contributed by atoms with E-state index in [-0.39, 0.29) is 6.61 Å². The summed E-state index contributed by atoms with van der Waals surface area (Å²) in [6.07, 6.45) is 1.38. The molecule has 0 fully saturated rings. The van der Waals surface area contributed by atoms with Crippen LogP contribution in [0, 0.1) is 0 Å². The number of rotatable bonds is 7. The van der Waals surface area contributed by atoms with Crippen molar-refractivity contribution in [3.63, 3.8) is 0 Å². The summed E-state index contributed by atoms with van der Waals surface area (Å²) >= 11 is 12.5. The molecule has 0 unspecified atom stereocenters. The number of esters is 1. The van der Waals surface area contributed by atoms with Crippen LogP contribution in [0.4, 0.5) is 0 Å². The van der Waals surface area contributed by atoms with Crippen LogP contribution < -0.4 is 14.9 Å². The minimum absolute atomic E-state index is 0.219. The molecule has 158 valence electrons. The highest BCUT2D eigenvalue weighted by atomic mass is 79.9. The number of carbonyl (C=O) groups excluding carboxylic acids is 2. The zero-order valence-corrected chi connectivity index (χ0v) is 19.8. The van der Waals surface area contributed by atoms with Gasteiger partial charge in [0.25, 0.3) is 5.91 Å². The summed E-state index contributed by atoms with van der Waals surface area (Å²) in [4.78, 5) is 24.3. The minimum Gasteiger partial charge on any atom is -0.484 e. The van der Waals surface area contributed by atoms with Gasteiger partial charge in [-0.05, 0) is 66.7 Å². The predicted octanol–water partition coefficient (Wildman–Crippen LogP) is 5.61. The van der Waals surface area contributed by atoms with Gasteiger partial charge in [-0.25, -0.2) is 10.2 Å². The monoisotopic (exact) mass is 564 g/mol. The Hall–Kier alpha value is -2.68. The second-order valence-corrected chi connectivity index (χ2v) is 8.38. The van der Waals surface area contributed by atoms with E-state index in [1.54, 1.807) is 66.7 Å². The number of hydrazone groups is 1. The van der Waals surface area contributed by atoms with Gasteiger partial charge in [-0.2, -0.15) is 5.10 Å². The Morgan fingerprint density at radius 2 is 1.65 bits per heavy atom. The maximum absolute atomic E-state index is 12.4. The zero-order valence-electron chi connectivity index (χ0n) is 15.8. The third-order valence-corrected chi connectivity index (χ3v) is 5.10. The smallest absolute Gasteiger partial charge is 0.343 e. The lowest BCUT2D eigenvalue weighted by molar-refractivity contribution is -0.123. The molecule has 1 N–H and O–H groups in total. The molecule has 0 aliphatic heterocycles. The summed E-state index contributed by atoms with van der Waals surface area (Å²) in [5.74, 6) is -0.149. The van der Waals surface area contributed by atoms with Crippen LogP contribution in [-0.2, 0) is 4.79 Å². The van der Waals surface area contributed by atoms with E-state index in [4.69, 9.17) is 21.1 Å². The second kappa shape index (κ2) is 11.1. The second-order valence-electron chi connectivity index (χ2n) is 6.11. The molecule has 0 aromatic heterocycles. The van der Waals surface area contributed by atoms with Crippen molar-refractivity contribution in [3.8, 4) is 11.5 Å². The Bertz CT molecular complexity index is 1100. The van der Waals surface area contributed by atoms with Gasteiger partial charge in [0.2, 0.25) is 0 Å². The predicted molar refractivity (Wildman–Crippen MR) is 126 cm³/mol. The van der Waals surface area contributed by atoms with E-state index in [1.807, 2.05) is 0 Å². The van der Waals surface area contributed by atoms with Crippen molar-refractivity contribution >= 4 is 61.6 Å². The number of ether oxygens (including phenoxy) is 2. The first-order valence-corrected chi connectivity index (χ1v) is 10.8. The number of hydrogen-bond donors (Lipinski definition) is 1. The van der Waals surface area contributed by atoms with Crippen molar-refractivity contribution in [2.45, 2.75) is 0 Å². The topological polar surface area (TPSA) is 77.0 Å². The highest BCUT2D eigenvalue weighted by Gasteiger charge is 2.12. The van der Waals surface area contributed by atoms with Crippen molar-refractivity contribution in [1.29, 1.82) is 0 Å². The molecule has 9 heteroatoms. The van der Waals surface area contributed by atoms with Crippen molar-refractivity contribution in [2.24, 2.45) is 5.10 Å². The summed E-state index contributed by atoms with van der Waals surface area (Å²) in [7, 11) is 0. The molecule has 0 bridgehead atoms. The first-order valence-electron chi connectivity index (χ1n) is 8.88. The largest absolute Gasteiger partial charge is 0.484 e. The summed E-state index contributed by atoms with van der Waals surface area (Å²) in [5.41, 5.74) is 3.27. The van der Waals surface area contributed by atoms with Gasteiger partial charge in [-0.1, -0.05) is 43.5 Å². The summed E-state index contributed by atoms with van der Waals surface area (Å²) in [6, 6.07) is 18.5. The fraction of sp³-hybridized carbons (Fsp3) is 0.0455. The van der Waals surface area contributed by atoms with Crippen LogP contribution in [0.5, 0.6) is 11.5 Å². The molecule has 1 amide bonds. The standard InChI is InChI=1S/C22H15Br2ClN2O4/c23-16-3-1-14(2-4-16)22(29)31-20-10-5-17(24)11-15(20)12-26-27-21(28)13-30-19-8-6-18(25)7-9-19/h1-12H,13H2,(H,27,28). The fourth-order valence-corrected chi connectivity index (χ4v) is 3.11. The van der Waals surface area contributed by atoms with Crippen molar-refractivity contribution in [2.75, 3.05) is 6.61 Å². The number of amides is 1. The quantitative estimate of drug-likeness (QED) is 0.175. The Morgan fingerprint density at radius 1 is 0.968 bits per heavy atom. The molecule has 3 rings (SSSR count). The average molecular weight is 567 g/mol. The zero-order chi connectivity index (χ0) is 22.2. The van der Waals surface area contributed by atoms with Gasteiger partial charge in [-0.3, -0.25) is 4.79 Å². The van der Waals surface area contributed by atoms with Crippen molar-refractivity contribution < 1.29 is 19.1 Å². The molecule has 31 heavy (non-hydrogen) atoms. The highest BCUT2D eigenvalue weighted by molar-refractivity contribution is 9.10. The first-order chi connectivity index (χ1) is 14.9. The van der Waals surface area contributed by atoms with Crippen molar-refractivity contribution in [1.82, 2.24) is 5.43 Å². The molecule has 0 radical (unpaired) electrons. The summed E-state index contributed by atoms with van der Waals surface area (Å²) < 4.78 is 12.5. The van der Waals surface area contributed by atoms with Gasteiger partial charge in [0.1, 0.15) is 11.5 Å². The van der Waals surface area contributed by atoms with Crippen LogP contribution >= 0.6 is 43.5 Å². The van der Waals surface area contributed by atoms with E-state index < -0.39 is 11.9 Å². The van der Waals surface area contributed by atoms with E-state index in [9.17, 15) is 9.59 Å². The van der Waals surface area contributed by atoms with E-state index in [1.165, 1.54) is 6.21 Å². The number of nitrogens with zero attached hydrogens (tertiary/aromatic N) is 1. The molecule has 6 nitrogen and oxygen atoms in total. The number of benzene rings is 3. The number of hydrogen-bond acceptors (Lipinski definition) is 5. The van der Waals surface area contributed by atoms with E-state index in [0.29, 0.717) is 27.6 Å². The van der Waals surface area contributed by atoms with E-state index >= 15 is 0 Å². The molecular formula is C22H15Br2ClN2O4. The van der Waals surface area contributed by atoms with Crippen LogP contribution in [0.15, 0.2) is 80.8 Å². The first kappa shape index (κ1) is 23.0. The van der Waals surface area contributed by atoms with Gasteiger partial charge in [0.05, 0.1) is 11.8 Å². The van der Waals surface area contributed by atoms with Crippen LogP contribution in [0.1, 0.15) is 15.9 Å². The maximum atomic E-state index is 12.4. The number of halogens is 3. The number of nitrogens with one attached hydrogen (secondary N) is 1. The van der Waals surface area contributed by atoms with Gasteiger partial charge >= 0.3 is 5.97 Å². The Balaban J connectivity index is 1.61. The minimum atomic E-state index is -0.509. The molecule has 0 spiro atoms. The van der Waals surface area contributed by atoms with E-state index in [0.717, 1.165) is 8.95 Å². The van der Waals surface area contributed by atoms with Crippen LogP contribution in [-0.4, -0.2) is 24.7 Å². The highest BCUT2D eigenvalue weighted by Crippen LogP contribution is 2.23. The molecule has 3 aromatic rings. The van der Waals surface area contributed by atoms with Gasteiger partial charge in [-0.15, -0.1) is 0 Å². The van der Waals surface area contributed by atoms with E-state index in [2.05, 4.69) is 42.4 Å². The van der Waals surface area contributed by atoms with Gasteiger partial charge in [0.15, 0.2) is 6.61 Å². The Labute approximate surface area is 200 Å². The molecule has 0 heterocycles. The van der Waals surface area contributed by atoms with Gasteiger partial charge < -0.3 is 9.47 Å². The van der Waals surface area contributed by atoms with Crippen LogP contribution in [0.3, 0.4) is 0 Å². The van der Waals surface area contributed by atoms with Gasteiger partial charge in [0, 0.05) is 19.5 Å². The Morgan fingerprint density at radius 3 is 2.35 bits per heavy atom. The molecule has 0 atom stereocenters. The molecule has 3 aromatic carbocycles. The molecule has 0 saturated carbocycles. The Kier molecular flexibility index (Phi) is 8.22. The maximum Gasteiger partial charge on any atom is 0.343 e. The van der Waals surface area contributed by atoms with Crippen LogP contribution in [0.2, 0.25) is 5.02 Å². The molecule has 0 aliphatic carbocycles. The summed E-state index contributed by atoms with van der Waals surface area (Å²) in [6.45, 7) is -0.219. The lowest BCUT2D eigenvalue weighted by atomic mass is 10.2. The molecule has 0 saturated heterocycles. The third kappa shape index (κ3) is 7.20. The van der Waals surface area contributed by atoms with Crippen LogP contribution in [0.25, 0.3) is 0 Å². The fourth-order valence-electron chi connectivity index (χ4n) is 2.34. The third-order valence-electron chi connectivity index (χ3n) is 3.83. The SMILES string of the molecule is O=C(COc1ccc(Cl)cc1)NN=Cc1cc(Br)ccc1OC(=O)c1ccc(Br)cc1. The number of carbonyl (C=O) groups is 2. The molecule has 0 aliphatic rings. The molecular weight excluding hydrogens is 552 g/mol. The van der Waals surface area contributed by atoms with Crippen molar-refractivity contribution in [3.05, 3.63) is 91.8 Å². The average Bonchev–Trinajstić information content (AvgIpc) is 2.75.